The van der Waals surface area contributed by atoms with Crippen LogP contribution in [0.3, 0.4) is 0 Å². The molecule has 0 spiro atoms. The molecule has 0 radical (unpaired) electrons. The van der Waals surface area contributed by atoms with Gasteiger partial charge in [-0.15, -0.1) is 0 Å². The molecule has 4 nitrogen and oxygen atoms in total. The molecule has 0 saturated heterocycles. The average molecular weight is 314 g/mol. The number of aromatic nitrogens is 3. The Balaban J connectivity index is 1.56. The van der Waals surface area contributed by atoms with Crippen molar-refractivity contribution in [2.24, 2.45) is 0 Å². The Kier molecular flexibility index (Phi) is 2.95. The Morgan fingerprint density at radius 1 is 1.08 bits per heavy atom. The normalized spacial score (nSPS) is 13.6. The number of para-hydroxylation sites is 1. The molecule has 1 aliphatic heterocycles. The van der Waals surface area contributed by atoms with E-state index in [0.717, 1.165) is 25.2 Å². The molecule has 3 heterocycles. The average Bonchev–Trinajstić information content (AvgIpc) is 3.35. The summed E-state index contributed by atoms with van der Waals surface area (Å²) in [6.45, 7) is 1.91. The van der Waals surface area contributed by atoms with Gasteiger partial charge in [0, 0.05) is 41.1 Å². The van der Waals surface area contributed by atoms with Gasteiger partial charge in [-0.25, -0.2) is 4.98 Å². The van der Waals surface area contributed by atoms with E-state index in [0.29, 0.717) is 0 Å². The van der Waals surface area contributed by atoms with Crippen molar-refractivity contribution in [3.8, 4) is 11.1 Å². The first-order valence-electron chi connectivity index (χ1n) is 8.30. The molecule has 0 saturated carbocycles. The Hall–Kier alpha value is -3.01. The number of imidazole rings is 1. The van der Waals surface area contributed by atoms with Crippen molar-refractivity contribution in [3.63, 3.8) is 0 Å². The highest BCUT2D eigenvalue weighted by molar-refractivity contribution is 5.96. The van der Waals surface area contributed by atoms with E-state index in [1.807, 2.05) is 6.20 Å². The first-order chi connectivity index (χ1) is 11.9. The molecule has 0 unspecified atom stereocenters. The maximum atomic E-state index is 4.36. The maximum absolute atomic E-state index is 4.36. The summed E-state index contributed by atoms with van der Waals surface area (Å²) in [5, 5.41) is 1.27. The molecule has 118 valence electrons. The molecule has 2 aromatic carbocycles. The van der Waals surface area contributed by atoms with E-state index in [2.05, 4.69) is 68.5 Å². The summed E-state index contributed by atoms with van der Waals surface area (Å²) in [5.74, 6) is 0. The predicted molar refractivity (Wildman–Crippen MR) is 97.1 cm³/mol. The third-order valence-corrected chi connectivity index (χ3v) is 4.89. The summed E-state index contributed by atoms with van der Waals surface area (Å²) >= 11 is 0. The number of aromatic amines is 2. The van der Waals surface area contributed by atoms with Crippen LogP contribution in [0, 0.1) is 0 Å². The second-order valence-electron chi connectivity index (χ2n) is 6.32. The number of H-pyrrole nitrogens is 2. The van der Waals surface area contributed by atoms with Crippen LogP contribution in [0.15, 0.2) is 61.2 Å². The fourth-order valence-corrected chi connectivity index (χ4v) is 3.66. The Labute approximate surface area is 140 Å². The maximum Gasteiger partial charge on any atom is 0.0923 e. The molecular formula is C20H18N4. The highest BCUT2D eigenvalue weighted by atomic mass is 15.2. The van der Waals surface area contributed by atoms with Crippen molar-refractivity contribution in [2.45, 2.75) is 13.0 Å². The van der Waals surface area contributed by atoms with Gasteiger partial charge in [0.25, 0.3) is 0 Å². The number of nitrogens with one attached hydrogen (secondary N) is 2. The van der Waals surface area contributed by atoms with Crippen LogP contribution in [-0.4, -0.2) is 21.5 Å². The summed E-state index contributed by atoms with van der Waals surface area (Å²) in [7, 11) is 0. The summed E-state index contributed by atoms with van der Waals surface area (Å²) in [6.07, 6.45) is 6.93. The van der Waals surface area contributed by atoms with Gasteiger partial charge in [-0.05, 0) is 29.7 Å². The molecule has 0 amide bonds. The van der Waals surface area contributed by atoms with Crippen molar-refractivity contribution in [3.05, 3.63) is 72.4 Å². The largest absolute Gasteiger partial charge is 0.365 e. The van der Waals surface area contributed by atoms with Gasteiger partial charge in [0.05, 0.1) is 18.6 Å². The first kappa shape index (κ1) is 13.4. The van der Waals surface area contributed by atoms with E-state index in [1.165, 1.54) is 33.3 Å². The fourth-order valence-electron chi connectivity index (χ4n) is 3.66. The summed E-state index contributed by atoms with van der Waals surface area (Å²) in [4.78, 5) is 13.2. The SMILES string of the molecule is c1ccc2c(-c3ccc4c(c3)N(Cc3c[nH]cn3)CC4)c[nH]c2c1. The molecule has 24 heavy (non-hydrogen) atoms. The van der Waals surface area contributed by atoms with Crippen molar-refractivity contribution in [1.29, 1.82) is 0 Å². The minimum atomic E-state index is 0.855. The van der Waals surface area contributed by atoms with Gasteiger partial charge in [-0.2, -0.15) is 0 Å². The molecular weight excluding hydrogens is 296 g/mol. The van der Waals surface area contributed by atoms with Crippen molar-refractivity contribution >= 4 is 16.6 Å². The molecule has 4 heteroatoms. The van der Waals surface area contributed by atoms with Crippen LogP contribution in [0.1, 0.15) is 11.3 Å². The zero-order chi connectivity index (χ0) is 15.9. The standard InChI is InChI=1S/C20H18N4/c1-2-4-19-17(3-1)18(11-22-19)15-6-5-14-7-8-24(20(14)9-15)12-16-10-21-13-23-16/h1-6,9-11,13,22H,7-8,12H2,(H,21,23). The first-order valence-corrected chi connectivity index (χ1v) is 8.30. The van der Waals surface area contributed by atoms with E-state index in [1.54, 1.807) is 6.33 Å². The van der Waals surface area contributed by atoms with Gasteiger partial charge in [0.1, 0.15) is 0 Å². The van der Waals surface area contributed by atoms with Crippen LogP contribution in [0.4, 0.5) is 5.69 Å². The second-order valence-corrected chi connectivity index (χ2v) is 6.32. The van der Waals surface area contributed by atoms with Crippen LogP contribution in [0.5, 0.6) is 0 Å². The molecule has 0 bridgehead atoms. The Morgan fingerprint density at radius 3 is 2.96 bits per heavy atom. The molecule has 2 aromatic heterocycles. The number of hydrogen-bond acceptors (Lipinski definition) is 2. The minimum absolute atomic E-state index is 0.855. The number of hydrogen-bond donors (Lipinski definition) is 2. The van der Waals surface area contributed by atoms with Crippen molar-refractivity contribution < 1.29 is 0 Å². The van der Waals surface area contributed by atoms with Gasteiger partial charge in [0.2, 0.25) is 0 Å². The molecule has 2 N–H and O–H groups in total. The highest BCUT2D eigenvalue weighted by Gasteiger charge is 2.20. The molecule has 4 aromatic rings. The lowest BCUT2D eigenvalue weighted by molar-refractivity contribution is 0.819. The molecule has 0 fully saturated rings. The third kappa shape index (κ3) is 2.11. The smallest absolute Gasteiger partial charge is 0.0923 e. The summed E-state index contributed by atoms with van der Waals surface area (Å²) in [5.41, 5.74) is 7.55. The van der Waals surface area contributed by atoms with Crippen molar-refractivity contribution in [2.75, 3.05) is 11.4 Å². The number of benzene rings is 2. The van der Waals surface area contributed by atoms with Crippen LogP contribution < -0.4 is 4.90 Å². The number of anilines is 1. The zero-order valence-corrected chi connectivity index (χ0v) is 13.3. The predicted octanol–water partition coefficient (Wildman–Crippen LogP) is 4.12. The minimum Gasteiger partial charge on any atom is -0.365 e. The third-order valence-electron chi connectivity index (χ3n) is 4.89. The number of rotatable bonds is 3. The van der Waals surface area contributed by atoms with Crippen molar-refractivity contribution in [1.82, 2.24) is 15.0 Å². The fraction of sp³-hybridized carbons (Fsp3) is 0.150. The van der Waals surface area contributed by atoms with Crippen LogP contribution in [0.25, 0.3) is 22.0 Å². The van der Waals surface area contributed by atoms with E-state index >= 15 is 0 Å². The lowest BCUT2D eigenvalue weighted by Gasteiger charge is -2.18. The second kappa shape index (κ2) is 5.27. The van der Waals surface area contributed by atoms with Crippen LogP contribution in [-0.2, 0) is 13.0 Å². The molecule has 5 rings (SSSR count). The van der Waals surface area contributed by atoms with Crippen LogP contribution >= 0.6 is 0 Å². The van der Waals surface area contributed by atoms with Gasteiger partial charge < -0.3 is 14.9 Å². The monoisotopic (exact) mass is 314 g/mol. The molecule has 0 aliphatic carbocycles. The Bertz CT molecular complexity index is 998. The van der Waals surface area contributed by atoms with E-state index in [9.17, 15) is 0 Å². The molecule has 1 aliphatic rings. The van der Waals surface area contributed by atoms with E-state index < -0.39 is 0 Å². The topological polar surface area (TPSA) is 47.7 Å². The van der Waals surface area contributed by atoms with Gasteiger partial charge in [-0.3, -0.25) is 0 Å². The number of fused-ring (bicyclic) bond motifs is 2. The summed E-state index contributed by atoms with van der Waals surface area (Å²) in [6, 6.07) is 15.3. The lowest BCUT2D eigenvalue weighted by atomic mass is 10.0. The van der Waals surface area contributed by atoms with E-state index in [-0.39, 0.29) is 0 Å². The Morgan fingerprint density at radius 2 is 2.04 bits per heavy atom. The van der Waals surface area contributed by atoms with Gasteiger partial charge in [-0.1, -0.05) is 30.3 Å². The van der Waals surface area contributed by atoms with Gasteiger partial charge in [0.15, 0.2) is 0 Å². The summed E-state index contributed by atoms with van der Waals surface area (Å²) < 4.78 is 0. The highest BCUT2D eigenvalue weighted by Crippen LogP contribution is 2.36. The quantitative estimate of drug-likeness (QED) is 0.597. The van der Waals surface area contributed by atoms with Crippen LogP contribution in [0.2, 0.25) is 0 Å². The lowest BCUT2D eigenvalue weighted by Crippen LogP contribution is -2.19. The van der Waals surface area contributed by atoms with E-state index in [4.69, 9.17) is 0 Å². The van der Waals surface area contributed by atoms with Gasteiger partial charge >= 0.3 is 0 Å². The molecule has 0 atom stereocenters. The number of nitrogens with zero attached hydrogens (tertiary/aromatic N) is 2. The zero-order valence-electron chi connectivity index (χ0n) is 13.3.